The van der Waals surface area contributed by atoms with Crippen molar-refractivity contribution in [1.29, 1.82) is 0 Å². The molecular formula is C17H18N2O4. The number of rotatable bonds is 6. The molecule has 23 heavy (non-hydrogen) atoms. The second-order valence-corrected chi connectivity index (χ2v) is 4.93. The summed E-state index contributed by atoms with van der Waals surface area (Å²) in [6.07, 6.45) is 3.10. The van der Waals surface area contributed by atoms with Crippen molar-refractivity contribution in [2.24, 2.45) is 0 Å². The lowest BCUT2D eigenvalue weighted by Crippen LogP contribution is -2.18. The zero-order chi connectivity index (χ0) is 16.7. The highest BCUT2D eigenvalue weighted by atomic mass is 16.5. The van der Waals surface area contributed by atoms with E-state index in [0.29, 0.717) is 12.3 Å². The Balaban J connectivity index is 2.15. The van der Waals surface area contributed by atoms with E-state index in [0.717, 1.165) is 12.8 Å². The van der Waals surface area contributed by atoms with Crippen LogP contribution in [0.2, 0.25) is 0 Å². The average molecular weight is 314 g/mol. The van der Waals surface area contributed by atoms with E-state index in [-0.39, 0.29) is 16.7 Å². The number of carbonyl (C=O) groups is 2. The Labute approximate surface area is 133 Å². The van der Waals surface area contributed by atoms with Crippen molar-refractivity contribution in [3.05, 3.63) is 64.1 Å². The molecule has 0 saturated carbocycles. The van der Waals surface area contributed by atoms with Crippen LogP contribution in [0.15, 0.2) is 47.4 Å². The number of carbonyl (C=O) groups excluding carboxylic acids is 2. The van der Waals surface area contributed by atoms with Gasteiger partial charge in [-0.05, 0) is 24.6 Å². The summed E-state index contributed by atoms with van der Waals surface area (Å²) in [5.74, 6) is -0.954. The number of para-hydroxylation sites is 1. The first kappa shape index (κ1) is 16.5. The van der Waals surface area contributed by atoms with Crippen LogP contribution in [0.4, 0.5) is 5.69 Å². The van der Waals surface area contributed by atoms with Gasteiger partial charge in [0.25, 0.3) is 5.91 Å². The van der Waals surface area contributed by atoms with Crippen molar-refractivity contribution >= 4 is 17.6 Å². The quantitative estimate of drug-likeness (QED) is 0.633. The maximum atomic E-state index is 12.2. The molecular weight excluding hydrogens is 296 g/mol. The number of benzene rings is 1. The van der Waals surface area contributed by atoms with Gasteiger partial charge in [0.05, 0.1) is 17.9 Å². The summed E-state index contributed by atoms with van der Waals surface area (Å²) in [6, 6.07) is 9.27. The van der Waals surface area contributed by atoms with Crippen LogP contribution in [0.3, 0.4) is 0 Å². The molecule has 0 radical (unpaired) electrons. The Bertz CT molecular complexity index is 752. The summed E-state index contributed by atoms with van der Waals surface area (Å²) in [5.41, 5.74) is 0.467. The number of H-pyrrole nitrogens is 1. The molecule has 0 fully saturated rings. The fourth-order valence-electron chi connectivity index (χ4n) is 1.94. The number of nitrogens with one attached hydrogen (secondary N) is 2. The van der Waals surface area contributed by atoms with Crippen molar-refractivity contribution in [1.82, 2.24) is 4.98 Å². The maximum absolute atomic E-state index is 12.2. The third-order valence-electron chi connectivity index (χ3n) is 3.16. The van der Waals surface area contributed by atoms with Crippen LogP contribution in [-0.4, -0.2) is 23.5 Å². The van der Waals surface area contributed by atoms with Gasteiger partial charge in [0, 0.05) is 17.8 Å². The number of unbranched alkanes of at least 4 members (excludes halogenated alkanes) is 1. The van der Waals surface area contributed by atoms with Crippen LogP contribution in [-0.2, 0) is 4.74 Å². The number of aromatic amines is 1. The number of esters is 1. The van der Waals surface area contributed by atoms with Gasteiger partial charge in [-0.25, -0.2) is 4.79 Å². The third-order valence-corrected chi connectivity index (χ3v) is 3.16. The van der Waals surface area contributed by atoms with Gasteiger partial charge in [0.1, 0.15) is 0 Å². The lowest BCUT2D eigenvalue weighted by molar-refractivity contribution is 0.0501. The van der Waals surface area contributed by atoms with E-state index in [1.165, 1.54) is 18.3 Å². The smallest absolute Gasteiger partial charge is 0.340 e. The van der Waals surface area contributed by atoms with E-state index in [4.69, 9.17) is 4.74 Å². The van der Waals surface area contributed by atoms with Gasteiger partial charge in [-0.2, -0.15) is 0 Å². The molecule has 120 valence electrons. The fourth-order valence-corrected chi connectivity index (χ4v) is 1.94. The normalized spacial score (nSPS) is 10.1. The summed E-state index contributed by atoms with van der Waals surface area (Å²) >= 11 is 0. The van der Waals surface area contributed by atoms with Crippen LogP contribution in [0, 0.1) is 0 Å². The maximum Gasteiger partial charge on any atom is 0.340 e. The molecule has 0 spiro atoms. The first-order valence-electron chi connectivity index (χ1n) is 7.38. The summed E-state index contributed by atoms with van der Waals surface area (Å²) in [7, 11) is 0. The number of hydrogen-bond acceptors (Lipinski definition) is 4. The Morgan fingerprint density at radius 1 is 1.22 bits per heavy atom. The highest BCUT2D eigenvalue weighted by Crippen LogP contribution is 2.17. The van der Waals surface area contributed by atoms with Crippen LogP contribution in [0.1, 0.15) is 40.5 Å². The Morgan fingerprint density at radius 3 is 2.74 bits per heavy atom. The topological polar surface area (TPSA) is 88.3 Å². The van der Waals surface area contributed by atoms with Crippen LogP contribution in [0.5, 0.6) is 0 Å². The molecule has 0 unspecified atom stereocenters. The third kappa shape index (κ3) is 4.54. The molecule has 6 heteroatoms. The Kier molecular flexibility index (Phi) is 5.68. The molecule has 1 aromatic carbocycles. The molecule has 0 aliphatic heterocycles. The Hall–Kier alpha value is -2.89. The average Bonchev–Trinajstić information content (AvgIpc) is 2.55. The first-order valence-corrected chi connectivity index (χ1v) is 7.38. The minimum atomic E-state index is -0.486. The SMILES string of the molecule is CCCCOC(=O)c1ccccc1NC(=O)c1cc[nH]c(=O)c1. The van der Waals surface area contributed by atoms with Gasteiger partial charge >= 0.3 is 5.97 Å². The van der Waals surface area contributed by atoms with Gasteiger partial charge in [0.2, 0.25) is 5.56 Å². The van der Waals surface area contributed by atoms with Crippen molar-refractivity contribution in [2.45, 2.75) is 19.8 Å². The zero-order valence-corrected chi connectivity index (χ0v) is 12.8. The van der Waals surface area contributed by atoms with E-state index < -0.39 is 11.9 Å². The minimum Gasteiger partial charge on any atom is -0.462 e. The fraction of sp³-hybridized carbons (Fsp3) is 0.235. The van der Waals surface area contributed by atoms with Crippen LogP contribution in [0.25, 0.3) is 0 Å². The largest absolute Gasteiger partial charge is 0.462 e. The second-order valence-electron chi connectivity index (χ2n) is 4.93. The summed E-state index contributed by atoms with van der Waals surface area (Å²) in [4.78, 5) is 38.0. The van der Waals surface area contributed by atoms with Crippen LogP contribution < -0.4 is 10.9 Å². The van der Waals surface area contributed by atoms with Crippen molar-refractivity contribution in [3.63, 3.8) is 0 Å². The molecule has 2 aromatic rings. The molecule has 1 amide bonds. The number of pyridine rings is 1. The zero-order valence-electron chi connectivity index (χ0n) is 12.8. The standard InChI is InChI=1S/C17H18N2O4/c1-2-3-10-23-17(22)13-6-4-5-7-14(13)19-16(21)12-8-9-18-15(20)11-12/h4-9,11H,2-3,10H2,1H3,(H,18,20)(H,19,21). The number of hydrogen-bond donors (Lipinski definition) is 2. The monoisotopic (exact) mass is 314 g/mol. The van der Waals surface area contributed by atoms with Gasteiger partial charge in [-0.1, -0.05) is 25.5 Å². The number of anilines is 1. The highest BCUT2D eigenvalue weighted by molar-refractivity contribution is 6.07. The summed E-state index contributed by atoms with van der Waals surface area (Å²) < 4.78 is 5.17. The predicted octanol–water partition coefficient (Wildman–Crippen LogP) is 2.58. The molecule has 0 bridgehead atoms. The minimum absolute atomic E-state index is 0.211. The molecule has 0 saturated heterocycles. The number of aromatic nitrogens is 1. The molecule has 0 aliphatic rings. The van der Waals surface area contributed by atoms with E-state index in [1.54, 1.807) is 24.3 Å². The highest BCUT2D eigenvalue weighted by Gasteiger charge is 2.15. The summed E-state index contributed by atoms with van der Waals surface area (Å²) in [5, 5.41) is 2.63. The van der Waals surface area contributed by atoms with Gasteiger partial charge in [0.15, 0.2) is 0 Å². The molecule has 1 heterocycles. The molecule has 1 aromatic heterocycles. The Morgan fingerprint density at radius 2 is 2.00 bits per heavy atom. The van der Waals surface area contributed by atoms with E-state index in [9.17, 15) is 14.4 Å². The van der Waals surface area contributed by atoms with Crippen molar-refractivity contribution in [2.75, 3.05) is 11.9 Å². The van der Waals surface area contributed by atoms with Crippen LogP contribution >= 0.6 is 0 Å². The molecule has 0 atom stereocenters. The van der Waals surface area contributed by atoms with Crippen molar-refractivity contribution < 1.29 is 14.3 Å². The van der Waals surface area contributed by atoms with E-state index in [1.807, 2.05) is 6.92 Å². The molecule has 0 aliphatic carbocycles. The molecule has 6 nitrogen and oxygen atoms in total. The van der Waals surface area contributed by atoms with E-state index in [2.05, 4.69) is 10.3 Å². The lowest BCUT2D eigenvalue weighted by atomic mass is 10.1. The van der Waals surface area contributed by atoms with Gasteiger partial charge in [-0.15, -0.1) is 0 Å². The lowest BCUT2D eigenvalue weighted by Gasteiger charge is -2.10. The second kappa shape index (κ2) is 7.93. The predicted molar refractivity (Wildman–Crippen MR) is 86.6 cm³/mol. The van der Waals surface area contributed by atoms with Gasteiger partial charge < -0.3 is 15.0 Å². The van der Waals surface area contributed by atoms with E-state index >= 15 is 0 Å². The molecule has 2 N–H and O–H groups in total. The number of amides is 1. The summed E-state index contributed by atoms with van der Waals surface area (Å²) in [6.45, 7) is 2.34. The number of ether oxygens (including phenoxy) is 1. The van der Waals surface area contributed by atoms with Crippen molar-refractivity contribution in [3.8, 4) is 0 Å². The van der Waals surface area contributed by atoms with Gasteiger partial charge in [-0.3, -0.25) is 9.59 Å². The molecule has 2 rings (SSSR count). The first-order chi connectivity index (χ1) is 11.1.